The van der Waals surface area contributed by atoms with Crippen LogP contribution >= 0.6 is 22.7 Å². The van der Waals surface area contributed by atoms with E-state index >= 15 is 0 Å². The average Bonchev–Trinajstić information content (AvgIpc) is 3.40. The fourth-order valence-electron chi connectivity index (χ4n) is 3.98. The average molecular weight is 416 g/mol. The van der Waals surface area contributed by atoms with Crippen LogP contribution in [0.2, 0.25) is 0 Å². The number of aromatic nitrogens is 1. The number of thiazole rings is 1. The van der Waals surface area contributed by atoms with Crippen LogP contribution < -0.4 is 4.90 Å². The number of hydrogen-bond donors (Lipinski definition) is 0. The van der Waals surface area contributed by atoms with E-state index in [1.807, 2.05) is 22.4 Å². The largest absolute Gasteiger partial charge is 0.337 e. The van der Waals surface area contributed by atoms with Crippen LogP contribution in [0, 0.1) is 5.92 Å². The quantitative estimate of drug-likeness (QED) is 0.689. The monoisotopic (exact) mass is 415 g/mol. The summed E-state index contributed by atoms with van der Waals surface area (Å²) in [7, 11) is 0. The molecule has 4 rings (SSSR count). The van der Waals surface area contributed by atoms with E-state index in [1.165, 1.54) is 29.1 Å². The molecule has 0 unspecified atom stereocenters. The van der Waals surface area contributed by atoms with Crippen LogP contribution in [0.5, 0.6) is 0 Å². The van der Waals surface area contributed by atoms with E-state index < -0.39 is 0 Å². The minimum atomic E-state index is -0.182. The summed E-state index contributed by atoms with van der Waals surface area (Å²) in [5.41, 5.74) is 1.16. The van der Waals surface area contributed by atoms with Crippen molar-refractivity contribution in [1.82, 2.24) is 9.88 Å². The Bertz CT molecular complexity index is 836. The van der Waals surface area contributed by atoms with Crippen LogP contribution in [-0.2, 0) is 17.6 Å². The standard InChI is InChI=1S/C21H25N3O2S2/c1-2-11-24(21-22-16-8-3-4-9-17(16)28-21)19(25)15-7-5-12-23(14-15)20(26)18-10-6-13-27-18/h2,6,10,13,15H,1,3-5,7-9,11-12,14H2/t15-/m0/s1. The molecule has 2 aromatic heterocycles. The van der Waals surface area contributed by atoms with Crippen molar-refractivity contribution in [2.24, 2.45) is 5.92 Å². The van der Waals surface area contributed by atoms with Crippen LogP contribution in [0.4, 0.5) is 5.13 Å². The van der Waals surface area contributed by atoms with Gasteiger partial charge < -0.3 is 4.90 Å². The van der Waals surface area contributed by atoms with Gasteiger partial charge in [-0.2, -0.15) is 0 Å². The van der Waals surface area contributed by atoms with Gasteiger partial charge in [-0.15, -0.1) is 29.3 Å². The number of thiophene rings is 1. The summed E-state index contributed by atoms with van der Waals surface area (Å²) >= 11 is 3.10. The first-order valence-corrected chi connectivity index (χ1v) is 11.6. The molecule has 1 aliphatic heterocycles. The Labute approximate surface area is 173 Å². The predicted octanol–water partition coefficient (Wildman–Crippen LogP) is 4.15. The molecule has 2 aliphatic rings. The van der Waals surface area contributed by atoms with Crippen LogP contribution in [0.3, 0.4) is 0 Å². The molecule has 0 N–H and O–H groups in total. The van der Waals surface area contributed by atoms with Gasteiger partial charge in [-0.05, 0) is 50.0 Å². The lowest BCUT2D eigenvalue weighted by Gasteiger charge is -2.34. The molecule has 1 atom stereocenters. The fourth-order valence-corrected chi connectivity index (χ4v) is 5.84. The molecule has 2 amide bonds. The number of hydrogen-bond acceptors (Lipinski definition) is 5. The third-order valence-corrected chi connectivity index (χ3v) is 7.47. The Balaban J connectivity index is 1.51. The van der Waals surface area contributed by atoms with Crippen molar-refractivity contribution in [1.29, 1.82) is 0 Å². The van der Waals surface area contributed by atoms with E-state index in [1.54, 1.807) is 22.3 Å². The van der Waals surface area contributed by atoms with E-state index in [9.17, 15) is 9.59 Å². The van der Waals surface area contributed by atoms with Crippen molar-refractivity contribution < 1.29 is 9.59 Å². The Morgan fingerprint density at radius 3 is 2.93 bits per heavy atom. The fraction of sp³-hybridized carbons (Fsp3) is 0.476. The van der Waals surface area contributed by atoms with Gasteiger partial charge in [0.15, 0.2) is 5.13 Å². The smallest absolute Gasteiger partial charge is 0.263 e. The normalized spacial score (nSPS) is 19.1. The van der Waals surface area contributed by atoms with Crippen molar-refractivity contribution in [2.75, 3.05) is 24.5 Å². The minimum Gasteiger partial charge on any atom is -0.337 e. The lowest BCUT2D eigenvalue weighted by atomic mass is 9.96. The maximum absolute atomic E-state index is 13.4. The molecule has 2 aromatic rings. The molecular weight excluding hydrogens is 390 g/mol. The zero-order chi connectivity index (χ0) is 19.5. The van der Waals surface area contributed by atoms with Crippen molar-refractivity contribution in [2.45, 2.75) is 38.5 Å². The second-order valence-corrected chi connectivity index (χ2v) is 9.39. The highest BCUT2D eigenvalue weighted by molar-refractivity contribution is 7.16. The summed E-state index contributed by atoms with van der Waals surface area (Å²) in [5.74, 6) is -0.0827. The predicted molar refractivity (Wildman–Crippen MR) is 114 cm³/mol. The van der Waals surface area contributed by atoms with Gasteiger partial charge in [0.1, 0.15) is 0 Å². The topological polar surface area (TPSA) is 53.5 Å². The molecule has 3 heterocycles. The van der Waals surface area contributed by atoms with Gasteiger partial charge >= 0.3 is 0 Å². The van der Waals surface area contributed by atoms with Crippen LogP contribution in [0.1, 0.15) is 45.9 Å². The summed E-state index contributed by atoms with van der Waals surface area (Å²) < 4.78 is 0. The Hall–Kier alpha value is -1.99. The van der Waals surface area contributed by atoms with Gasteiger partial charge in [-0.3, -0.25) is 14.5 Å². The second kappa shape index (κ2) is 8.57. The van der Waals surface area contributed by atoms with Crippen LogP contribution in [-0.4, -0.2) is 41.3 Å². The molecule has 7 heteroatoms. The number of anilines is 1. The molecule has 0 saturated carbocycles. The Morgan fingerprint density at radius 2 is 2.18 bits per heavy atom. The highest BCUT2D eigenvalue weighted by Gasteiger charge is 2.33. The molecular formula is C21H25N3O2S2. The van der Waals surface area contributed by atoms with E-state index in [0.717, 1.165) is 41.4 Å². The highest BCUT2D eigenvalue weighted by Crippen LogP contribution is 2.33. The Morgan fingerprint density at radius 1 is 1.32 bits per heavy atom. The van der Waals surface area contributed by atoms with E-state index in [4.69, 9.17) is 4.98 Å². The Kier molecular flexibility index (Phi) is 5.92. The number of aryl methyl sites for hydroxylation is 2. The minimum absolute atomic E-state index is 0.0347. The van der Waals surface area contributed by atoms with Gasteiger partial charge in [0.05, 0.1) is 16.5 Å². The number of fused-ring (bicyclic) bond motifs is 1. The summed E-state index contributed by atoms with van der Waals surface area (Å²) in [6, 6.07) is 3.74. The number of piperidine rings is 1. The van der Waals surface area contributed by atoms with Gasteiger partial charge in [0, 0.05) is 24.5 Å². The number of carbonyl (C=O) groups is 2. The maximum Gasteiger partial charge on any atom is 0.263 e. The summed E-state index contributed by atoms with van der Waals surface area (Å²) in [5, 5.41) is 2.70. The molecule has 0 bridgehead atoms. The molecule has 5 nitrogen and oxygen atoms in total. The molecule has 148 valence electrons. The third kappa shape index (κ3) is 3.91. The summed E-state index contributed by atoms with van der Waals surface area (Å²) in [6.07, 6.45) is 7.87. The molecule has 28 heavy (non-hydrogen) atoms. The van der Waals surface area contributed by atoms with Crippen molar-refractivity contribution in [3.05, 3.63) is 45.6 Å². The molecule has 1 aliphatic carbocycles. The molecule has 1 saturated heterocycles. The number of rotatable bonds is 5. The zero-order valence-electron chi connectivity index (χ0n) is 15.9. The summed E-state index contributed by atoms with van der Waals surface area (Å²) in [6.45, 7) is 5.49. The maximum atomic E-state index is 13.4. The van der Waals surface area contributed by atoms with Crippen LogP contribution in [0.25, 0.3) is 0 Å². The number of nitrogens with zero attached hydrogens (tertiary/aromatic N) is 3. The SMILES string of the molecule is C=CCN(C(=O)[C@H]1CCCN(C(=O)c2cccs2)C1)c1nc2c(s1)CCCC2. The lowest BCUT2D eigenvalue weighted by molar-refractivity contribution is -0.123. The molecule has 0 spiro atoms. The lowest BCUT2D eigenvalue weighted by Crippen LogP contribution is -2.46. The van der Waals surface area contributed by atoms with Crippen LogP contribution in [0.15, 0.2) is 30.2 Å². The first kappa shape index (κ1) is 19.3. The third-order valence-electron chi connectivity index (χ3n) is 5.43. The van der Waals surface area contributed by atoms with Crippen molar-refractivity contribution in [3.63, 3.8) is 0 Å². The van der Waals surface area contributed by atoms with Crippen molar-refractivity contribution in [3.8, 4) is 0 Å². The highest BCUT2D eigenvalue weighted by atomic mass is 32.1. The summed E-state index contributed by atoms with van der Waals surface area (Å²) in [4.78, 5) is 36.5. The number of amides is 2. The number of carbonyl (C=O) groups excluding carboxylic acids is 2. The molecule has 0 radical (unpaired) electrons. The van der Waals surface area contributed by atoms with Gasteiger partial charge in [0.25, 0.3) is 5.91 Å². The van der Waals surface area contributed by atoms with E-state index in [0.29, 0.717) is 19.6 Å². The van der Waals surface area contributed by atoms with E-state index in [-0.39, 0.29) is 17.7 Å². The van der Waals surface area contributed by atoms with Gasteiger partial charge in [-0.25, -0.2) is 4.98 Å². The second-order valence-electron chi connectivity index (χ2n) is 7.38. The first-order chi connectivity index (χ1) is 13.7. The molecule has 1 fully saturated rings. The van der Waals surface area contributed by atoms with Gasteiger partial charge in [-0.1, -0.05) is 12.1 Å². The number of likely N-dealkylation sites (tertiary alicyclic amines) is 1. The first-order valence-electron chi connectivity index (χ1n) is 9.91. The van der Waals surface area contributed by atoms with Gasteiger partial charge in [0.2, 0.25) is 5.91 Å². The molecule has 0 aromatic carbocycles. The zero-order valence-corrected chi connectivity index (χ0v) is 17.6. The van der Waals surface area contributed by atoms with E-state index in [2.05, 4.69) is 6.58 Å². The van der Waals surface area contributed by atoms with Crippen molar-refractivity contribution >= 4 is 39.6 Å².